The minimum absolute atomic E-state index is 0.139. The van der Waals surface area contributed by atoms with Crippen LogP contribution >= 0.6 is 0 Å². The van der Waals surface area contributed by atoms with E-state index in [1.807, 2.05) is 20.8 Å². The summed E-state index contributed by atoms with van der Waals surface area (Å²) in [6.45, 7) is 6.99. The second-order valence-electron chi connectivity index (χ2n) is 5.03. The minimum atomic E-state index is -3.76. The minimum Gasteiger partial charge on any atom is -0.494 e. The molecule has 0 aliphatic heterocycles. The lowest BCUT2D eigenvalue weighted by Gasteiger charge is -2.15. The van der Waals surface area contributed by atoms with Crippen LogP contribution in [0.4, 0.5) is 5.69 Å². The van der Waals surface area contributed by atoms with E-state index in [1.54, 1.807) is 30.3 Å². The van der Waals surface area contributed by atoms with Crippen molar-refractivity contribution in [3.8, 4) is 17.2 Å². The number of hydrogen-bond acceptors (Lipinski definition) is 5. The number of benzene rings is 2. The van der Waals surface area contributed by atoms with Gasteiger partial charge in [-0.1, -0.05) is 0 Å². The summed E-state index contributed by atoms with van der Waals surface area (Å²) in [7, 11) is -3.76. The molecule has 0 aliphatic rings. The number of hydrogen-bond donors (Lipinski definition) is 1. The summed E-state index contributed by atoms with van der Waals surface area (Å²) in [5, 5.41) is 0. The van der Waals surface area contributed by atoms with Crippen LogP contribution in [0.3, 0.4) is 0 Å². The molecule has 1 N–H and O–H groups in total. The standard InChI is InChI=1S/C18H23NO5S/c1-4-22-14-7-10-16(11-8-14)25(20,21)19-17-13-15(23-5-2)9-12-18(17)24-6-3/h7-13,19H,4-6H2,1-3H3. The topological polar surface area (TPSA) is 73.9 Å². The Kier molecular flexibility index (Phi) is 6.52. The van der Waals surface area contributed by atoms with Crippen molar-refractivity contribution < 1.29 is 22.6 Å². The van der Waals surface area contributed by atoms with Crippen LogP contribution in [0.25, 0.3) is 0 Å². The van der Waals surface area contributed by atoms with Gasteiger partial charge in [-0.3, -0.25) is 4.72 Å². The molecule has 0 aromatic heterocycles. The van der Waals surface area contributed by atoms with Gasteiger partial charge in [-0.15, -0.1) is 0 Å². The van der Waals surface area contributed by atoms with E-state index in [9.17, 15) is 8.42 Å². The third-order valence-corrected chi connectivity index (χ3v) is 4.63. The summed E-state index contributed by atoms with van der Waals surface area (Å²) in [5.74, 6) is 1.63. The normalized spacial score (nSPS) is 11.0. The van der Waals surface area contributed by atoms with Crippen molar-refractivity contribution in [2.75, 3.05) is 24.5 Å². The summed E-state index contributed by atoms with van der Waals surface area (Å²) in [5.41, 5.74) is 0.335. The van der Waals surface area contributed by atoms with Crippen molar-refractivity contribution in [1.29, 1.82) is 0 Å². The Balaban J connectivity index is 2.30. The van der Waals surface area contributed by atoms with Gasteiger partial charge >= 0.3 is 0 Å². The quantitative estimate of drug-likeness (QED) is 0.734. The maximum atomic E-state index is 12.6. The Morgan fingerprint density at radius 1 is 0.800 bits per heavy atom. The van der Waals surface area contributed by atoms with Crippen molar-refractivity contribution in [2.45, 2.75) is 25.7 Å². The number of rotatable bonds is 9. The Bertz CT molecular complexity index is 788. The molecule has 0 radical (unpaired) electrons. The molecule has 2 rings (SSSR count). The summed E-state index contributed by atoms with van der Waals surface area (Å²) in [4.78, 5) is 0.139. The molecule has 2 aromatic rings. The summed E-state index contributed by atoms with van der Waals surface area (Å²) in [6.07, 6.45) is 0. The first-order chi connectivity index (χ1) is 12.0. The molecule has 0 aliphatic carbocycles. The first-order valence-corrected chi connectivity index (χ1v) is 9.63. The van der Waals surface area contributed by atoms with Crippen molar-refractivity contribution >= 4 is 15.7 Å². The Morgan fingerprint density at radius 3 is 1.96 bits per heavy atom. The predicted molar refractivity (Wildman–Crippen MR) is 97.2 cm³/mol. The number of anilines is 1. The van der Waals surface area contributed by atoms with Gasteiger partial charge < -0.3 is 14.2 Å². The molecular formula is C18H23NO5S. The highest BCUT2D eigenvalue weighted by atomic mass is 32.2. The molecule has 0 spiro atoms. The molecule has 0 heterocycles. The zero-order chi connectivity index (χ0) is 18.3. The lowest BCUT2D eigenvalue weighted by Crippen LogP contribution is -2.14. The highest BCUT2D eigenvalue weighted by Gasteiger charge is 2.17. The van der Waals surface area contributed by atoms with E-state index in [1.165, 1.54) is 12.1 Å². The van der Waals surface area contributed by atoms with E-state index >= 15 is 0 Å². The van der Waals surface area contributed by atoms with Gasteiger partial charge in [0, 0.05) is 6.07 Å². The molecule has 25 heavy (non-hydrogen) atoms. The summed E-state index contributed by atoms with van der Waals surface area (Å²) in [6, 6.07) is 11.3. The molecule has 2 aromatic carbocycles. The average molecular weight is 365 g/mol. The number of nitrogens with one attached hydrogen (secondary N) is 1. The number of sulfonamides is 1. The second-order valence-corrected chi connectivity index (χ2v) is 6.72. The molecule has 0 unspecified atom stereocenters. The third-order valence-electron chi connectivity index (χ3n) is 3.25. The molecule has 0 saturated carbocycles. The third kappa shape index (κ3) is 5.03. The number of ether oxygens (including phenoxy) is 3. The zero-order valence-corrected chi connectivity index (χ0v) is 15.4. The van der Waals surface area contributed by atoms with Crippen LogP contribution < -0.4 is 18.9 Å². The van der Waals surface area contributed by atoms with Crippen LogP contribution in [-0.4, -0.2) is 28.2 Å². The van der Waals surface area contributed by atoms with E-state index in [-0.39, 0.29) is 4.90 Å². The zero-order valence-electron chi connectivity index (χ0n) is 14.6. The van der Waals surface area contributed by atoms with Crippen LogP contribution in [0.1, 0.15) is 20.8 Å². The molecule has 0 saturated heterocycles. The van der Waals surface area contributed by atoms with E-state index in [0.717, 1.165) is 0 Å². The summed E-state index contributed by atoms with van der Waals surface area (Å²) >= 11 is 0. The monoisotopic (exact) mass is 365 g/mol. The van der Waals surface area contributed by atoms with Crippen molar-refractivity contribution in [1.82, 2.24) is 0 Å². The molecule has 6 nitrogen and oxygen atoms in total. The van der Waals surface area contributed by atoms with Gasteiger partial charge in [-0.25, -0.2) is 8.42 Å². The fraction of sp³-hybridized carbons (Fsp3) is 0.333. The van der Waals surface area contributed by atoms with Gasteiger partial charge in [0.25, 0.3) is 10.0 Å². The molecule has 0 amide bonds. The van der Waals surface area contributed by atoms with Gasteiger partial charge in [-0.2, -0.15) is 0 Å². The van der Waals surface area contributed by atoms with E-state index in [4.69, 9.17) is 14.2 Å². The lowest BCUT2D eigenvalue weighted by molar-refractivity contribution is 0.332. The smallest absolute Gasteiger partial charge is 0.262 e. The fourth-order valence-corrected chi connectivity index (χ4v) is 3.27. The highest BCUT2D eigenvalue weighted by Crippen LogP contribution is 2.31. The van der Waals surface area contributed by atoms with Gasteiger partial charge in [0.2, 0.25) is 0 Å². The fourth-order valence-electron chi connectivity index (χ4n) is 2.21. The molecular weight excluding hydrogens is 342 g/mol. The van der Waals surface area contributed by atoms with Crippen LogP contribution in [0.15, 0.2) is 47.4 Å². The Hall–Kier alpha value is -2.41. The molecule has 7 heteroatoms. The first kappa shape index (κ1) is 18.9. The largest absolute Gasteiger partial charge is 0.494 e. The van der Waals surface area contributed by atoms with Crippen molar-refractivity contribution in [2.24, 2.45) is 0 Å². The van der Waals surface area contributed by atoms with Crippen LogP contribution in [0, 0.1) is 0 Å². The van der Waals surface area contributed by atoms with Gasteiger partial charge in [-0.05, 0) is 57.2 Å². The highest BCUT2D eigenvalue weighted by molar-refractivity contribution is 7.92. The maximum absolute atomic E-state index is 12.6. The van der Waals surface area contributed by atoms with Crippen LogP contribution in [0.2, 0.25) is 0 Å². The summed E-state index contributed by atoms with van der Waals surface area (Å²) < 4.78 is 44.1. The van der Waals surface area contributed by atoms with Crippen LogP contribution in [0.5, 0.6) is 17.2 Å². The van der Waals surface area contributed by atoms with E-state index in [0.29, 0.717) is 42.8 Å². The second kappa shape index (κ2) is 8.62. The molecule has 136 valence electrons. The SMILES string of the molecule is CCOc1ccc(S(=O)(=O)Nc2cc(OCC)ccc2OCC)cc1. The molecule has 0 fully saturated rings. The van der Waals surface area contributed by atoms with Gasteiger partial charge in [0.1, 0.15) is 17.2 Å². The first-order valence-electron chi connectivity index (χ1n) is 8.15. The van der Waals surface area contributed by atoms with Crippen LogP contribution in [-0.2, 0) is 10.0 Å². The van der Waals surface area contributed by atoms with E-state index in [2.05, 4.69) is 4.72 Å². The van der Waals surface area contributed by atoms with Gasteiger partial charge in [0.05, 0.1) is 30.4 Å². The Labute approximate surface area is 148 Å². The van der Waals surface area contributed by atoms with Crippen molar-refractivity contribution in [3.05, 3.63) is 42.5 Å². The molecule has 0 atom stereocenters. The van der Waals surface area contributed by atoms with E-state index < -0.39 is 10.0 Å². The molecule has 0 bridgehead atoms. The maximum Gasteiger partial charge on any atom is 0.262 e. The Morgan fingerprint density at radius 2 is 1.36 bits per heavy atom. The lowest BCUT2D eigenvalue weighted by atomic mass is 10.3. The average Bonchev–Trinajstić information content (AvgIpc) is 2.58. The van der Waals surface area contributed by atoms with Gasteiger partial charge in [0.15, 0.2) is 0 Å². The predicted octanol–water partition coefficient (Wildman–Crippen LogP) is 3.68. The van der Waals surface area contributed by atoms with Crippen molar-refractivity contribution in [3.63, 3.8) is 0 Å².